The summed E-state index contributed by atoms with van der Waals surface area (Å²) in [4.78, 5) is 11.8. The first kappa shape index (κ1) is 15.2. The Morgan fingerprint density at radius 1 is 1.00 bits per heavy atom. The van der Waals surface area contributed by atoms with E-state index in [1.165, 1.54) is 12.1 Å². The number of carbonyl (C=O) groups excluding carboxylic acids is 1. The molecule has 0 saturated heterocycles. The molecule has 0 heterocycles. The minimum atomic E-state index is -0.232. The Hall–Kier alpha value is -2.20. The van der Waals surface area contributed by atoms with Crippen LogP contribution in [-0.2, 0) is 6.54 Å². The third-order valence-electron chi connectivity index (χ3n) is 3.14. The van der Waals surface area contributed by atoms with Crippen molar-refractivity contribution >= 4 is 5.91 Å². The molecule has 2 N–H and O–H groups in total. The van der Waals surface area contributed by atoms with Crippen molar-refractivity contribution in [3.05, 3.63) is 71.0 Å². The molecule has 0 aromatic heterocycles. The van der Waals surface area contributed by atoms with Crippen LogP contribution in [0.5, 0.6) is 0 Å². The summed E-state index contributed by atoms with van der Waals surface area (Å²) in [5, 5.41) is 6.05. The largest absolute Gasteiger partial charge is 0.351 e. The van der Waals surface area contributed by atoms with Gasteiger partial charge in [0, 0.05) is 25.2 Å². The van der Waals surface area contributed by atoms with E-state index in [1.54, 1.807) is 12.1 Å². The van der Waals surface area contributed by atoms with E-state index in [1.807, 2.05) is 31.2 Å². The Morgan fingerprint density at radius 2 is 1.67 bits per heavy atom. The number of benzene rings is 2. The van der Waals surface area contributed by atoms with Crippen LogP contribution in [0, 0.1) is 12.7 Å². The maximum atomic E-state index is 12.7. The zero-order valence-electron chi connectivity index (χ0n) is 12.0. The maximum absolute atomic E-state index is 12.7. The smallest absolute Gasteiger partial charge is 0.251 e. The van der Waals surface area contributed by atoms with Crippen molar-refractivity contribution in [2.24, 2.45) is 0 Å². The second-order valence-corrected chi connectivity index (χ2v) is 4.93. The van der Waals surface area contributed by atoms with Crippen molar-refractivity contribution in [3.63, 3.8) is 0 Å². The van der Waals surface area contributed by atoms with Crippen molar-refractivity contribution in [1.29, 1.82) is 0 Å². The van der Waals surface area contributed by atoms with E-state index in [4.69, 9.17) is 0 Å². The standard InChI is InChI=1S/C17H19FN2O/c1-13-2-6-15(7-3-13)17(21)20-11-10-19-12-14-4-8-16(18)9-5-14/h2-9,19H,10-12H2,1H3,(H,20,21). The van der Waals surface area contributed by atoms with Gasteiger partial charge in [-0.05, 0) is 36.8 Å². The van der Waals surface area contributed by atoms with Gasteiger partial charge in [0.05, 0.1) is 0 Å². The lowest BCUT2D eigenvalue weighted by molar-refractivity contribution is 0.0954. The number of aryl methyl sites for hydroxylation is 1. The molecule has 0 aliphatic carbocycles. The highest BCUT2D eigenvalue weighted by molar-refractivity contribution is 5.94. The zero-order chi connectivity index (χ0) is 15.1. The van der Waals surface area contributed by atoms with Gasteiger partial charge in [-0.1, -0.05) is 29.8 Å². The Kier molecular flexibility index (Phi) is 5.46. The van der Waals surface area contributed by atoms with Gasteiger partial charge in [0.2, 0.25) is 0 Å². The second kappa shape index (κ2) is 7.55. The van der Waals surface area contributed by atoms with E-state index < -0.39 is 0 Å². The lowest BCUT2D eigenvalue weighted by Gasteiger charge is -2.07. The Bertz CT molecular complexity index is 579. The monoisotopic (exact) mass is 286 g/mol. The average Bonchev–Trinajstić information content (AvgIpc) is 2.49. The zero-order valence-corrected chi connectivity index (χ0v) is 12.0. The van der Waals surface area contributed by atoms with Gasteiger partial charge in [-0.15, -0.1) is 0 Å². The molecule has 0 bridgehead atoms. The summed E-state index contributed by atoms with van der Waals surface area (Å²) in [6, 6.07) is 13.8. The normalized spacial score (nSPS) is 10.4. The van der Waals surface area contributed by atoms with Gasteiger partial charge in [-0.2, -0.15) is 0 Å². The Balaban J connectivity index is 1.66. The molecule has 2 rings (SSSR count). The highest BCUT2D eigenvalue weighted by Gasteiger charge is 2.03. The number of rotatable bonds is 6. The summed E-state index contributed by atoms with van der Waals surface area (Å²) < 4.78 is 12.7. The summed E-state index contributed by atoms with van der Waals surface area (Å²) in [5.74, 6) is -0.303. The maximum Gasteiger partial charge on any atom is 0.251 e. The van der Waals surface area contributed by atoms with Crippen LogP contribution in [0.1, 0.15) is 21.5 Å². The predicted molar refractivity (Wildman–Crippen MR) is 81.6 cm³/mol. The molecular formula is C17H19FN2O. The van der Waals surface area contributed by atoms with Crippen molar-refractivity contribution in [2.75, 3.05) is 13.1 Å². The quantitative estimate of drug-likeness (QED) is 0.802. The minimum absolute atomic E-state index is 0.0708. The van der Waals surface area contributed by atoms with Crippen LogP contribution >= 0.6 is 0 Å². The number of halogens is 1. The highest BCUT2D eigenvalue weighted by atomic mass is 19.1. The van der Waals surface area contributed by atoms with Gasteiger partial charge >= 0.3 is 0 Å². The Labute approximate surface area is 124 Å². The molecule has 110 valence electrons. The Morgan fingerprint density at radius 3 is 2.33 bits per heavy atom. The molecule has 2 aromatic carbocycles. The van der Waals surface area contributed by atoms with Crippen LogP contribution < -0.4 is 10.6 Å². The van der Waals surface area contributed by atoms with Crippen molar-refractivity contribution in [1.82, 2.24) is 10.6 Å². The molecule has 2 aromatic rings. The first-order valence-electron chi connectivity index (χ1n) is 6.95. The fraction of sp³-hybridized carbons (Fsp3) is 0.235. The first-order chi connectivity index (χ1) is 10.1. The van der Waals surface area contributed by atoms with Gasteiger partial charge < -0.3 is 10.6 Å². The number of carbonyl (C=O) groups is 1. The van der Waals surface area contributed by atoms with Crippen LogP contribution in [-0.4, -0.2) is 19.0 Å². The fourth-order valence-corrected chi connectivity index (χ4v) is 1.91. The lowest BCUT2D eigenvalue weighted by Crippen LogP contribution is -2.31. The van der Waals surface area contributed by atoms with Crippen molar-refractivity contribution in [3.8, 4) is 0 Å². The van der Waals surface area contributed by atoms with Crippen LogP contribution in [0.15, 0.2) is 48.5 Å². The fourth-order valence-electron chi connectivity index (χ4n) is 1.91. The van der Waals surface area contributed by atoms with Crippen LogP contribution in [0.3, 0.4) is 0 Å². The molecule has 1 amide bonds. The van der Waals surface area contributed by atoms with Gasteiger partial charge in [0.15, 0.2) is 0 Å². The molecule has 0 spiro atoms. The molecule has 0 radical (unpaired) electrons. The van der Waals surface area contributed by atoms with E-state index >= 15 is 0 Å². The molecule has 0 aliphatic heterocycles. The summed E-state index contributed by atoms with van der Waals surface area (Å²) in [6.45, 7) is 3.85. The SMILES string of the molecule is Cc1ccc(C(=O)NCCNCc2ccc(F)cc2)cc1. The van der Waals surface area contributed by atoms with E-state index in [9.17, 15) is 9.18 Å². The van der Waals surface area contributed by atoms with Gasteiger partial charge in [-0.25, -0.2) is 4.39 Å². The molecule has 0 unspecified atom stereocenters. The van der Waals surface area contributed by atoms with E-state index in [2.05, 4.69) is 10.6 Å². The molecule has 4 heteroatoms. The van der Waals surface area contributed by atoms with E-state index in [0.29, 0.717) is 25.2 Å². The minimum Gasteiger partial charge on any atom is -0.351 e. The number of hydrogen-bond donors (Lipinski definition) is 2. The number of amides is 1. The van der Waals surface area contributed by atoms with E-state index in [0.717, 1.165) is 11.1 Å². The topological polar surface area (TPSA) is 41.1 Å². The summed E-state index contributed by atoms with van der Waals surface area (Å²) >= 11 is 0. The predicted octanol–water partition coefficient (Wildman–Crippen LogP) is 2.65. The summed E-state index contributed by atoms with van der Waals surface area (Å²) in [5.41, 5.74) is 2.81. The average molecular weight is 286 g/mol. The summed E-state index contributed by atoms with van der Waals surface area (Å²) in [7, 11) is 0. The summed E-state index contributed by atoms with van der Waals surface area (Å²) in [6.07, 6.45) is 0. The molecule has 0 atom stereocenters. The molecule has 0 aliphatic rings. The van der Waals surface area contributed by atoms with E-state index in [-0.39, 0.29) is 11.7 Å². The third kappa shape index (κ3) is 5.00. The van der Waals surface area contributed by atoms with Gasteiger partial charge in [0.1, 0.15) is 5.82 Å². The van der Waals surface area contributed by atoms with Crippen LogP contribution in [0.4, 0.5) is 4.39 Å². The van der Waals surface area contributed by atoms with Crippen LogP contribution in [0.25, 0.3) is 0 Å². The van der Waals surface area contributed by atoms with Gasteiger partial charge in [0.25, 0.3) is 5.91 Å². The highest BCUT2D eigenvalue weighted by Crippen LogP contribution is 2.03. The third-order valence-corrected chi connectivity index (χ3v) is 3.14. The molecule has 0 saturated carbocycles. The first-order valence-corrected chi connectivity index (χ1v) is 6.95. The van der Waals surface area contributed by atoms with Crippen molar-refractivity contribution in [2.45, 2.75) is 13.5 Å². The molecule has 3 nitrogen and oxygen atoms in total. The molecular weight excluding hydrogens is 267 g/mol. The van der Waals surface area contributed by atoms with Crippen LogP contribution in [0.2, 0.25) is 0 Å². The lowest BCUT2D eigenvalue weighted by atomic mass is 10.1. The number of nitrogens with one attached hydrogen (secondary N) is 2. The molecule has 0 fully saturated rings. The van der Waals surface area contributed by atoms with Gasteiger partial charge in [-0.3, -0.25) is 4.79 Å². The molecule has 21 heavy (non-hydrogen) atoms. The second-order valence-electron chi connectivity index (χ2n) is 4.93. The van der Waals surface area contributed by atoms with Crippen molar-refractivity contribution < 1.29 is 9.18 Å². The number of hydrogen-bond acceptors (Lipinski definition) is 2.